The molecule has 4 nitrogen and oxygen atoms in total. The van der Waals surface area contributed by atoms with Crippen molar-refractivity contribution in [3.05, 3.63) is 64.7 Å². The molecule has 170 valence electrons. The molecule has 1 aromatic heterocycles. The Bertz CT molecular complexity index is 1120. The Morgan fingerprint density at radius 2 is 1.81 bits per heavy atom. The van der Waals surface area contributed by atoms with Crippen molar-refractivity contribution in [2.24, 2.45) is 5.92 Å². The van der Waals surface area contributed by atoms with Gasteiger partial charge in [-0.1, -0.05) is 12.1 Å². The first-order valence-corrected chi connectivity index (χ1v) is 11.9. The summed E-state index contributed by atoms with van der Waals surface area (Å²) in [4.78, 5) is 7.51. The van der Waals surface area contributed by atoms with Gasteiger partial charge in [0.2, 0.25) is 0 Å². The van der Waals surface area contributed by atoms with Crippen molar-refractivity contribution in [3.63, 3.8) is 0 Å². The molecule has 0 spiro atoms. The molecule has 2 heterocycles. The zero-order valence-electron chi connectivity index (χ0n) is 19.4. The van der Waals surface area contributed by atoms with Gasteiger partial charge in [0.15, 0.2) is 0 Å². The van der Waals surface area contributed by atoms with Crippen LogP contribution in [0.25, 0.3) is 11.0 Å². The molecule has 0 saturated carbocycles. The monoisotopic (exact) mass is 435 g/mol. The van der Waals surface area contributed by atoms with Crippen LogP contribution >= 0.6 is 0 Å². The van der Waals surface area contributed by atoms with Crippen LogP contribution in [0.5, 0.6) is 0 Å². The van der Waals surface area contributed by atoms with Crippen molar-refractivity contribution in [3.8, 4) is 0 Å². The van der Waals surface area contributed by atoms with Gasteiger partial charge in [-0.05, 0) is 93.3 Å². The van der Waals surface area contributed by atoms with E-state index < -0.39 is 5.60 Å². The first kappa shape index (κ1) is 21.6. The third kappa shape index (κ3) is 4.46. The van der Waals surface area contributed by atoms with Crippen molar-refractivity contribution < 1.29 is 9.50 Å². The molecule has 0 bridgehead atoms. The van der Waals surface area contributed by atoms with Crippen LogP contribution in [0.15, 0.2) is 36.4 Å². The van der Waals surface area contributed by atoms with Crippen LogP contribution in [0.4, 0.5) is 4.39 Å². The van der Waals surface area contributed by atoms with Crippen LogP contribution in [0.2, 0.25) is 0 Å². The summed E-state index contributed by atoms with van der Waals surface area (Å²) in [5, 5.41) is 10.5. The van der Waals surface area contributed by atoms with Crippen LogP contribution in [0.3, 0.4) is 0 Å². The molecule has 0 radical (unpaired) electrons. The number of benzene rings is 2. The number of rotatable bonds is 5. The summed E-state index contributed by atoms with van der Waals surface area (Å²) in [5.41, 5.74) is 5.16. The Balaban J connectivity index is 1.28. The van der Waals surface area contributed by atoms with E-state index in [9.17, 15) is 9.50 Å². The van der Waals surface area contributed by atoms with Crippen molar-refractivity contribution in [1.29, 1.82) is 0 Å². The fourth-order valence-electron chi connectivity index (χ4n) is 5.71. The first-order chi connectivity index (χ1) is 15.2. The topological polar surface area (TPSA) is 41.3 Å². The number of piperidine rings is 1. The fraction of sp³-hybridized carbons (Fsp3) is 0.519. The Labute approximate surface area is 190 Å². The van der Waals surface area contributed by atoms with E-state index in [2.05, 4.69) is 34.6 Å². The molecule has 1 aliphatic heterocycles. The van der Waals surface area contributed by atoms with Crippen LogP contribution in [0, 0.1) is 18.7 Å². The van der Waals surface area contributed by atoms with E-state index in [0.717, 1.165) is 56.7 Å². The largest absolute Gasteiger partial charge is 0.390 e. The molecule has 2 aliphatic rings. The maximum Gasteiger partial charge on any atom is 0.123 e. The van der Waals surface area contributed by atoms with Crippen molar-refractivity contribution in [1.82, 2.24) is 14.5 Å². The smallest absolute Gasteiger partial charge is 0.123 e. The number of fused-ring (bicyclic) bond motifs is 2. The molecule has 3 aromatic rings. The molecule has 1 unspecified atom stereocenters. The summed E-state index contributed by atoms with van der Waals surface area (Å²) in [6.45, 7) is 9.04. The fourth-order valence-corrected chi connectivity index (χ4v) is 5.71. The summed E-state index contributed by atoms with van der Waals surface area (Å²) in [7, 11) is 0. The minimum Gasteiger partial charge on any atom is -0.390 e. The normalized spacial score (nSPS) is 20.2. The molecule has 0 amide bonds. The third-order valence-corrected chi connectivity index (χ3v) is 7.13. The van der Waals surface area contributed by atoms with Gasteiger partial charge in [-0.15, -0.1) is 0 Å². The van der Waals surface area contributed by atoms with Gasteiger partial charge in [0, 0.05) is 32.1 Å². The van der Waals surface area contributed by atoms with Crippen molar-refractivity contribution in [2.45, 2.75) is 64.5 Å². The van der Waals surface area contributed by atoms with Gasteiger partial charge < -0.3 is 14.6 Å². The van der Waals surface area contributed by atoms with E-state index in [1.807, 2.05) is 19.9 Å². The van der Waals surface area contributed by atoms with Gasteiger partial charge >= 0.3 is 0 Å². The molecule has 5 rings (SSSR count). The number of imidazole rings is 1. The molecule has 1 saturated heterocycles. The van der Waals surface area contributed by atoms with Crippen molar-refractivity contribution >= 4 is 11.0 Å². The quantitative estimate of drug-likeness (QED) is 0.623. The van der Waals surface area contributed by atoms with Crippen molar-refractivity contribution in [2.75, 3.05) is 19.6 Å². The summed E-state index contributed by atoms with van der Waals surface area (Å²) in [6, 6.07) is 12.2. The maximum atomic E-state index is 13.6. The summed E-state index contributed by atoms with van der Waals surface area (Å²) in [6.07, 6.45) is 4.79. The van der Waals surface area contributed by atoms with Crippen LogP contribution < -0.4 is 0 Å². The Hall–Kier alpha value is -2.24. The average molecular weight is 436 g/mol. The average Bonchev–Trinajstić information content (AvgIpc) is 3.26. The number of aryl methyl sites for hydroxylation is 1. The van der Waals surface area contributed by atoms with E-state index in [1.54, 1.807) is 12.1 Å². The molecule has 1 atom stereocenters. The molecular weight excluding hydrogens is 401 g/mol. The van der Waals surface area contributed by atoms with E-state index in [4.69, 9.17) is 4.98 Å². The van der Waals surface area contributed by atoms with Gasteiger partial charge in [-0.25, -0.2) is 9.37 Å². The second-order valence-corrected chi connectivity index (χ2v) is 10.6. The molecular formula is C27H34FN3O. The molecule has 32 heavy (non-hydrogen) atoms. The standard InChI is InChI=1S/C27H34FN3O/c1-18-4-7-25-24(12-18)29-26(16-27(2,3)32)31(25)23-8-10-30(11-9-23)17-19-13-20-5-6-22(28)15-21(20)14-19/h4-7,12,15,19,23,32H,8-11,13-14,16-17H2,1-3H3. The zero-order chi connectivity index (χ0) is 22.5. The van der Waals surface area contributed by atoms with E-state index >= 15 is 0 Å². The number of nitrogens with zero attached hydrogens (tertiary/aromatic N) is 3. The minimum atomic E-state index is -0.786. The van der Waals surface area contributed by atoms with Gasteiger partial charge in [0.25, 0.3) is 0 Å². The van der Waals surface area contributed by atoms with Crippen LogP contribution in [-0.2, 0) is 19.3 Å². The molecule has 2 aromatic carbocycles. The number of halogens is 1. The lowest BCUT2D eigenvalue weighted by molar-refractivity contribution is 0.0765. The van der Waals surface area contributed by atoms with E-state index in [1.165, 1.54) is 22.2 Å². The summed E-state index contributed by atoms with van der Waals surface area (Å²) in [5.74, 6) is 1.46. The van der Waals surface area contributed by atoms with Gasteiger partial charge in [-0.3, -0.25) is 0 Å². The number of likely N-dealkylation sites (tertiary alicyclic amines) is 1. The predicted octanol–water partition coefficient (Wildman–Crippen LogP) is 4.85. The second kappa shape index (κ2) is 8.27. The SMILES string of the molecule is Cc1ccc2c(c1)nc(CC(C)(C)O)n2C1CCN(CC2Cc3ccc(F)cc3C2)CC1. The van der Waals surface area contributed by atoms with E-state index in [-0.39, 0.29) is 5.82 Å². The molecule has 1 aliphatic carbocycles. The van der Waals surface area contributed by atoms with Gasteiger partial charge in [-0.2, -0.15) is 0 Å². The highest BCUT2D eigenvalue weighted by molar-refractivity contribution is 5.77. The van der Waals surface area contributed by atoms with Gasteiger partial charge in [0.1, 0.15) is 11.6 Å². The predicted molar refractivity (Wildman–Crippen MR) is 126 cm³/mol. The second-order valence-electron chi connectivity index (χ2n) is 10.6. The Morgan fingerprint density at radius 1 is 1.06 bits per heavy atom. The maximum absolute atomic E-state index is 13.6. The number of aliphatic hydroxyl groups is 1. The number of hydrogen-bond donors (Lipinski definition) is 1. The van der Waals surface area contributed by atoms with Crippen LogP contribution in [-0.4, -0.2) is 44.8 Å². The highest BCUT2D eigenvalue weighted by atomic mass is 19.1. The Kier molecular flexibility index (Phi) is 5.58. The molecule has 5 heteroatoms. The Morgan fingerprint density at radius 3 is 2.56 bits per heavy atom. The highest BCUT2D eigenvalue weighted by Gasteiger charge is 2.29. The molecule has 1 N–H and O–H groups in total. The molecule has 1 fully saturated rings. The zero-order valence-corrected chi connectivity index (χ0v) is 19.4. The summed E-state index contributed by atoms with van der Waals surface area (Å²) >= 11 is 0. The highest BCUT2D eigenvalue weighted by Crippen LogP contribution is 2.33. The number of hydrogen-bond acceptors (Lipinski definition) is 3. The van der Waals surface area contributed by atoms with E-state index in [0.29, 0.717) is 18.4 Å². The van der Waals surface area contributed by atoms with Gasteiger partial charge in [0.05, 0.1) is 16.6 Å². The lowest BCUT2D eigenvalue weighted by Gasteiger charge is -2.35. The third-order valence-electron chi connectivity index (χ3n) is 7.13. The van der Waals surface area contributed by atoms with Crippen LogP contribution in [0.1, 0.15) is 55.2 Å². The number of aromatic nitrogens is 2. The minimum absolute atomic E-state index is 0.116. The first-order valence-electron chi connectivity index (χ1n) is 11.9. The lowest BCUT2D eigenvalue weighted by Crippen LogP contribution is -2.38. The lowest BCUT2D eigenvalue weighted by atomic mass is 9.99. The summed E-state index contributed by atoms with van der Waals surface area (Å²) < 4.78 is 16.0.